The van der Waals surface area contributed by atoms with Gasteiger partial charge >= 0.3 is 5.97 Å². The number of esters is 1. The molecule has 7 heteroatoms. The molecule has 5 N–H and O–H groups in total. The Morgan fingerprint density at radius 1 is 1.27 bits per heavy atom. The Bertz CT molecular complexity index is 382. The van der Waals surface area contributed by atoms with E-state index in [-0.39, 0.29) is 19.1 Å². The van der Waals surface area contributed by atoms with Gasteiger partial charge in [-0.15, -0.1) is 0 Å². The minimum atomic E-state index is -0.208. The molecule has 0 aromatic heterocycles. The van der Waals surface area contributed by atoms with Crippen molar-refractivity contribution in [3.63, 3.8) is 0 Å². The lowest BCUT2D eigenvalue weighted by Crippen LogP contribution is -2.03. The third kappa shape index (κ3) is 13.0. The van der Waals surface area contributed by atoms with Crippen LogP contribution < -0.4 is 16.2 Å². The van der Waals surface area contributed by atoms with E-state index in [4.69, 9.17) is 14.6 Å². The van der Waals surface area contributed by atoms with Crippen LogP contribution in [0.3, 0.4) is 0 Å². The molecule has 7 nitrogen and oxygen atoms in total. The summed E-state index contributed by atoms with van der Waals surface area (Å²) in [6.45, 7) is 0.436. The first-order valence-electron chi connectivity index (χ1n) is 6.78. The monoisotopic (exact) mass is 314 g/mol. The molecule has 1 aromatic rings. The Kier molecular flexibility index (Phi) is 17.3. The van der Waals surface area contributed by atoms with Crippen molar-refractivity contribution in [3.05, 3.63) is 29.8 Å². The van der Waals surface area contributed by atoms with Crippen molar-refractivity contribution in [2.24, 2.45) is 11.5 Å². The van der Waals surface area contributed by atoms with Gasteiger partial charge in [0.15, 0.2) is 0 Å². The number of methoxy groups -OCH3 is 1. The Morgan fingerprint density at radius 2 is 1.82 bits per heavy atom. The molecule has 0 fully saturated rings. The molecule has 0 saturated heterocycles. The van der Waals surface area contributed by atoms with Crippen molar-refractivity contribution in [3.8, 4) is 5.75 Å². The number of aryl methyl sites for hydroxylation is 1. The Hall–Kier alpha value is -1.96. The van der Waals surface area contributed by atoms with Crippen molar-refractivity contribution in [1.29, 1.82) is 0 Å². The highest BCUT2D eigenvalue weighted by Gasteiger charge is 2.01. The molecule has 1 rings (SSSR count). The number of benzene rings is 1. The summed E-state index contributed by atoms with van der Waals surface area (Å²) in [5, 5.41) is 8.58. The molecular weight excluding hydrogens is 288 g/mol. The summed E-state index contributed by atoms with van der Waals surface area (Å²) in [5.41, 5.74) is 10.2. The zero-order valence-corrected chi connectivity index (χ0v) is 13.2. The lowest BCUT2D eigenvalue weighted by molar-refractivity contribution is -0.140. The van der Waals surface area contributed by atoms with Gasteiger partial charge in [0.2, 0.25) is 0 Å². The van der Waals surface area contributed by atoms with Gasteiger partial charge in [0.05, 0.1) is 13.7 Å². The number of aliphatic hydroxyl groups is 1. The molecule has 0 aliphatic rings. The van der Waals surface area contributed by atoms with Gasteiger partial charge in [-0.3, -0.25) is 4.79 Å². The van der Waals surface area contributed by atoms with E-state index in [2.05, 4.69) is 16.2 Å². The fourth-order valence-electron chi connectivity index (χ4n) is 1.26. The standard InChI is InChI=1S/C12H16O4.C2H5NO.CH5N/c1-15-12(14)7-4-10-2-5-11(6-3-10)16-9-8-13;3-1-2-4;1-2/h2-3,5-6,13H,4,7-9H2,1H3;2H,1,3H2;2H2,1H3. The smallest absolute Gasteiger partial charge is 0.305 e. The number of rotatable bonds is 7. The minimum absolute atomic E-state index is 0.00406. The zero-order valence-electron chi connectivity index (χ0n) is 13.2. The summed E-state index contributed by atoms with van der Waals surface area (Å²) in [7, 11) is 2.88. The lowest BCUT2D eigenvalue weighted by Gasteiger charge is -2.05. The van der Waals surface area contributed by atoms with Crippen LogP contribution in [0.4, 0.5) is 0 Å². The summed E-state index contributed by atoms with van der Waals surface area (Å²) >= 11 is 0. The number of ether oxygens (including phenoxy) is 2. The van der Waals surface area contributed by atoms with E-state index in [1.54, 1.807) is 0 Å². The molecule has 0 bridgehead atoms. The Balaban J connectivity index is 0. The highest BCUT2D eigenvalue weighted by molar-refractivity contribution is 5.69. The van der Waals surface area contributed by atoms with Crippen LogP contribution in [0.2, 0.25) is 0 Å². The highest BCUT2D eigenvalue weighted by atomic mass is 16.5. The van der Waals surface area contributed by atoms with E-state index >= 15 is 0 Å². The first kappa shape index (κ1) is 22.3. The molecule has 0 saturated carbocycles. The Labute approximate surface area is 131 Å². The van der Waals surface area contributed by atoms with Gasteiger partial charge in [-0.25, -0.2) is 0 Å². The molecule has 0 amide bonds. The van der Waals surface area contributed by atoms with Gasteiger partial charge in [0, 0.05) is 13.0 Å². The van der Waals surface area contributed by atoms with Gasteiger partial charge in [-0.1, -0.05) is 12.1 Å². The fourth-order valence-corrected chi connectivity index (χ4v) is 1.26. The van der Waals surface area contributed by atoms with Crippen LogP contribution in [-0.4, -0.2) is 51.3 Å². The van der Waals surface area contributed by atoms with E-state index < -0.39 is 0 Å². The van der Waals surface area contributed by atoms with Crippen molar-refractivity contribution in [2.45, 2.75) is 12.8 Å². The predicted octanol–water partition coefficient (Wildman–Crippen LogP) is -0.118. The number of hydrogen-bond acceptors (Lipinski definition) is 7. The zero-order chi connectivity index (χ0) is 17.2. The predicted molar refractivity (Wildman–Crippen MR) is 84.6 cm³/mol. The van der Waals surface area contributed by atoms with Crippen molar-refractivity contribution >= 4 is 12.3 Å². The second-order valence-corrected chi connectivity index (χ2v) is 3.69. The summed E-state index contributed by atoms with van der Waals surface area (Å²) in [5.74, 6) is 0.511. The first-order valence-corrected chi connectivity index (χ1v) is 6.78. The van der Waals surface area contributed by atoms with Crippen molar-refractivity contribution in [2.75, 3.05) is 33.9 Å². The summed E-state index contributed by atoms with van der Waals surface area (Å²) < 4.78 is 9.77. The normalized spacial score (nSPS) is 8.59. The lowest BCUT2D eigenvalue weighted by atomic mass is 10.1. The van der Waals surface area contributed by atoms with E-state index in [0.29, 0.717) is 25.7 Å². The molecule has 1 aromatic carbocycles. The van der Waals surface area contributed by atoms with Crippen LogP contribution in [-0.2, 0) is 20.7 Å². The minimum Gasteiger partial charge on any atom is -0.491 e. The molecule has 0 aliphatic carbocycles. The molecule has 0 unspecified atom stereocenters. The highest BCUT2D eigenvalue weighted by Crippen LogP contribution is 2.13. The van der Waals surface area contributed by atoms with Gasteiger partial charge in [0.1, 0.15) is 18.6 Å². The van der Waals surface area contributed by atoms with E-state index in [9.17, 15) is 4.79 Å². The third-order valence-electron chi connectivity index (χ3n) is 2.23. The number of aliphatic hydroxyl groups excluding tert-OH is 1. The van der Waals surface area contributed by atoms with Gasteiger partial charge in [0.25, 0.3) is 0 Å². The van der Waals surface area contributed by atoms with Crippen LogP contribution in [0, 0.1) is 0 Å². The van der Waals surface area contributed by atoms with E-state index in [0.717, 1.165) is 11.3 Å². The average molecular weight is 314 g/mol. The second-order valence-electron chi connectivity index (χ2n) is 3.69. The largest absolute Gasteiger partial charge is 0.491 e. The number of nitrogens with two attached hydrogens (primary N) is 2. The maximum atomic E-state index is 10.9. The summed E-state index contributed by atoms with van der Waals surface area (Å²) in [6.07, 6.45) is 1.69. The maximum Gasteiger partial charge on any atom is 0.305 e. The molecule has 0 radical (unpaired) electrons. The van der Waals surface area contributed by atoms with Gasteiger partial charge in [-0.2, -0.15) is 0 Å². The summed E-state index contributed by atoms with van der Waals surface area (Å²) in [4.78, 5) is 20.0. The van der Waals surface area contributed by atoms with E-state index in [1.165, 1.54) is 14.2 Å². The quantitative estimate of drug-likeness (QED) is 0.473. The molecular formula is C15H26N2O5. The molecule has 0 heterocycles. The van der Waals surface area contributed by atoms with Crippen LogP contribution >= 0.6 is 0 Å². The van der Waals surface area contributed by atoms with Gasteiger partial charge < -0.3 is 30.8 Å². The molecule has 22 heavy (non-hydrogen) atoms. The van der Waals surface area contributed by atoms with Gasteiger partial charge in [-0.05, 0) is 31.2 Å². The van der Waals surface area contributed by atoms with Crippen molar-refractivity contribution < 1.29 is 24.2 Å². The topological polar surface area (TPSA) is 125 Å². The molecule has 0 aliphatic heterocycles. The molecule has 0 spiro atoms. The van der Waals surface area contributed by atoms with Crippen LogP contribution in [0.15, 0.2) is 24.3 Å². The summed E-state index contributed by atoms with van der Waals surface area (Å²) in [6, 6.07) is 7.44. The van der Waals surface area contributed by atoms with E-state index in [1.807, 2.05) is 24.3 Å². The fraction of sp³-hybridized carbons (Fsp3) is 0.467. The maximum absolute atomic E-state index is 10.9. The van der Waals surface area contributed by atoms with Crippen LogP contribution in [0.5, 0.6) is 5.75 Å². The first-order chi connectivity index (χ1) is 10.7. The van der Waals surface area contributed by atoms with Crippen LogP contribution in [0.25, 0.3) is 0 Å². The third-order valence-corrected chi connectivity index (χ3v) is 2.23. The van der Waals surface area contributed by atoms with Crippen LogP contribution in [0.1, 0.15) is 12.0 Å². The number of carbonyl (C=O) groups excluding carboxylic acids is 2. The average Bonchev–Trinajstić information content (AvgIpc) is 2.60. The SMILES string of the molecule is CN.COC(=O)CCc1ccc(OCCO)cc1.NCC=O. The Morgan fingerprint density at radius 3 is 2.23 bits per heavy atom. The second kappa shape index (κ2) is 17.1. The van der Waals surface area contributed by atoms with Crippen molar-refractivity contribution in [1.82, 2.24) is 0 Å². The molecule has 0 atom stereocenters. The number of aldehydes is 1. The molecule has 126 valence electrons. The number of hydrogen-bond donors (Lipinski definition) is 3. The number of carbonyl (C=O) groups is 2.